The molecule has 0 spiro atoms. The average Bonchev–Trinajstić information content (AvgIpc) is 4.07. The molecule has 2 unspecified atom stereocenters. The molecule has 0 saturated carbocycles. The standard InChI is InChI=1S/C67H47N3O2/c1-2-42-39-57(68-67(47-21-10-5-11-22-47)69-66(42)46-31-29-45(30-32-46)43-17-6-3-7-18-43)52-25-16-28-63-65(52)56-38-49(34-36-62(56)71-63)53-41-64-55(51-24-13-15-27-61(51)72-64)40-60(53)70-58-26-14-12-23-50(58)54-37-48(33-35-59(54)70)44-19-8-4-9-20-44/h3-38,40-42,66H,2,39H2,1H3. The van der Waals surface area contributed by atoms with Crippen LogP contribution in [0.1, 0.15) is 42.5 Å². The smallest absolute Gasteiger partial charge is 0.155 e. The fourth-order valence-electron chi connectivity index (χ4n) is 11.4. The van der Waals surface area contributed by atoms with E-state index in [1.807, 2.05) is 6.07 Å². The maximum atomic E-state index is 6.78. The zero-order chi connectivity index (χ0) is 47.7. The summed E-state index contributed by atoms with van der Waals surface area (Å²) < 4.78 is 15.9. The number of aliphatic imine (C=N–C) groups is 2. The molecule has 0 aliphatic carbocycles. The number of benzene rings is 10. The average molecular weight is 926 g/mol. The summed E-state index contributed by atoms with van der Waals surface area (Å²) in [5.74, 6) is 0.944. The number of para-hydroxylation sites is 2. The van der Waals surface area contributed by atoms with Crippen LogP contribution in [0.3, 0.4) is 0 Å². The highest BCUT2D eigenvalue weighted by atomic mass is 16.3. The first-order valence-corrected chi connectivity index (χ1v) is 25.0. The molecule has 0 fully saturated rings. The molecule has 0 radical (unpaired) electrons. The minimum Gasteiger partial charge on any atom is -0.456 e. The van der Waals surface area contributed by atoms with Gasteiger partial charge in [-0.3, -0.25) is 4.99 Å². The molecule has 4 heterocycles. The van der Waals surface area contributed by atoms with E-state index in [9.17, 15) is 0 Å². The van der Waals surface area contributed by atoms with Crippen LogP contribution in [0.15, 0.2) is 249 Å². The first-order chi connectivity index (χ1) is 35.6. The van der Waals surface area contributed by atoms with E-state index < -0.39 is 0 Å². The first kappa shape index (κ1) is 41.9. The van der Waals surface area contributed by atoms with Crippen molar-refractivity contribution in [1.82, 2.24) is 4.57 Å². The van der Waals surface area contributed by atoms with Gasteiger partial charge in [-0.05, 0) is 100 Å². The fraction of sp³-hybridized carbons (Fsp3) is 0.0746. The number of nitrogens with zero attached hydrogens (tertiary/aromatic N) is 3. The number of amidine groups is 1. The van der Waals surface area contributed by atoms with Gasteiger partial charge in [-0.15, -0.1) is 0 Å². The van der Waals surface area contributed by atoms with Crippen molar-refractivity contribution >= 4 is 77.2 Å². The van der Waals surface area contributed by atoms with Crippen LogP contribution in [0.5, 0.6) is 0 Å². The van der Waals surface area contributed by atoms with Crippen molar-refractivity contribution in [2.75, 3.05) is 0 Å². The van der Waals surface area contributed by atoms with Crippen LogP contribution in [0.25, 0.3) is 105 Å². The van der Waals surface area contributed by atoms with Gasteiger partial charge >= 0.3 is 0 Å². The van der Waals surface area contributed by atoms with Crippen molar-refractivity contribution in [3.05, 3.63) is 247 Å². The number of hydrogen-bond donors (Lipinski definition) is 0. The lowest BCUT2D eigenvalue weighted by Gasteiger charge is -2.23. The summed E-state index contributed by atoms with van der Waals surface area (Å²) in [5, 5.41) is 6.66. The molecule has 342 valence electrons. The highest BCUT2D eigenvalue weighted by Gasteiger charge is 2.30. The maximum Gasteiger partial charge on any atom is 0.155 e. The molecule has 1 aliphatic rings. The van der Waals surface area contributed by atoms with Gasteiger partial charge in [0.15, 0.2) is 5.84 Å². The lowest BCUT2D eigenvalue weighted by Crippen LogP contribution is -2.15. The molecule has 2 atom stereocenters. The van der Waals surface area contributed by atoms with Gasteiger partial charge in [0, 0.05) is 49.0 Å². The number of furan rings is 2. The van der Waals surface area contributed by atoms with Crippen LogP contribution < -0.4 is 0 Å². The summed E-state index contributed by atoms with van der Waals surface area (Å²) in [6.45, 7) is 2.28. The largest absolute Gasteiger partial charge is 0.456 e. The van der Waals surface area contributed by atoms with Crippen LogP contribution in [-0.4, -0.2) is 16.1 Å². The second-order valence-electron chi connectivity index (χ2n) is 19.1. The van der Waals surface area contributed by atoms with Gasteiger partial charge in [0.05, 0.1) is 28.5 Å². The second-order valence-corrected chi connectivity index (χ2v) is 19.1. The van der Waals surface area contributed by atoms with Gasteiger partial charge < -0.3 is 13.4 Å². The molecule has 5 nitrogen and oxygen atoms in total. The Bertz CT molecular complexity index is 4270. The highest BCUT2D eigenvalue weighted by molar-refractivity contribution is 6.23. The first-order valence-electron chi connectivity index (χ1n) is 25.0. The molecule has 1 aliphatic heterocycles. The molecule has 0 N–H and O–H groups in total. The van der Waals surface area contributed by atoms with Crippen LogP contribution in [-0.2, 0) is 0 Å². The Morgan fingerprint density at radius 1 is 0.431 bits per heavy atom. The van der Waals surface area contributed by atoms with E-state index >= 15 is 0 Å². The van der Waals surface area contributed by atoms with Crippen molar-refractivity contribution in [2.45, 2.75) is 25.8 Å². The summed E-state index contributed by atoms with van der Waals surface area (Å²) in [7, 11) is 0. The van der Waals surface area contributed by atoms with E-state index in [0.717, 1.165) is 107 Å². The van der Waals surface area contributed by atoms with Gasteiger partial charge in [0.1, 0.15) is 22.3 Å². The Kier molecular flexibility index (Phi) is 9.95. The van der Waals surface area contributed by atoms with Crippen LogP contribution in [0, 0.1) is 5.92 Å². The topological polar surface area (TPSA) is 55.9 Å². The van der Waals surface area contributed by atoms with E-state index in [2.05, 4.69) is 236 Å². The zero-order valence-corrected chi connectivity index (χ0v) is 39.7. The van der Waals surface area contributed by atoms with Crippen molar-refractivity contribution in [2.24, 2.45) is 15.9 Å². The van der Waals surface area contributed by atoms with Gasteiger partial charge in [-0.25, -0.2) is 4.99 Å². The molecule has 14 rings (SSSR count). The van der Waals surface area contributed by atoms with Crippen LogP contribution in [0.2, 0.25) is 0 Å². The Morgan fingerprint density at radius 3 is 1.81 bits per heavy atom. The van der Waals surface area contributed by atoms with Crippen molar-refractivity contribution in [1.29, 1.82) is 0 Å². The Balaban J connectivity index is 0.947. The molecular formula is C67H47N3O2. The Hall–Kier alpha value is -9.06. The normalized spacial score (nSPS) is 15.2. The van der Waals surface area contributed by atoms with E-state index in [4.69, 9.17) is 18.8 Å². The number of fused-ring (bicyclic) bond motifs is 9. The molecule has 0 bridgehead atoms. The third kappa shape index (κ3) is 6.99. The van der Waals surface area contributed by atoms with Crippen molar-refractivity contribution in [3.8, 4) is 39.1 Å². The Morgan fingerprint density at radius 2 is 1.03 bits per heavy atom. The summed E-state index contributed by atoms with van der Waals surface area (Å²) in [6, 6.07) is 82.2. The predicted molar refractivity (Wildman–Crippen MR) is 299 cm³/mol. The minimum absolute atomic E-state index is 0.0828. The third-order valence-electron chi connectivity index (χ3n) is 15.0. The monoisotopic (exact) mass is 925 g/mol. The van der Waals surface area contributed by atoms with Crippen molar-refractivity contribution < 1.29 is 8.83 Å². The molecule has 13 aromatic rings. The third-order valence-corrected chi connectivity index (χ3v) is 15.0. The fourth-order valence-corrected chi connectivity index (χ4v) is 11.4. The molecule has 3 aromatic heterocycles. The van der Waals surface area contributed by atoms with E-state index in [1.165, 1.54) is 38.6 Å². The van der Waals surface area contributed by atoms with Crippen molar-refractivity contribution in [3.63, 3.8) is 0 Å². The van der Waals surface area contributed by atoms with E-state index in [-0.39, 0.29) is 12.0 Å². The SMILES string of the molecule is CCC1CC(c2cccc3oc4ccc(-c5cc6oc7ccccc7c6cc5-n5c6ccccc6c6cc(-c7ccccc7)ccc65)cc4c23)=NC(c2ccccc2)=NC1c1ccc(-c2ccccc2)cc1. The maximum absolute atomic E-state index is 6.78. The molecule has 5 heteroatoms. The number of aromatic nitrogens is 1. The van der Waals surface area contributed by atoms with Gasteiger partial charge in [0.2, 0.25) is 0 Å². The summed E-state index contributed by atoms with van der Waals surface area (Å²) in [4.78, 5) is 11.1. The molecule has 72 heavy (non-hydrogen) atoms. The van der Waals surface area contributed by atoms with Gasteiger partial charge in [-0.1, -0.05) is 189 Å². The predicted octanol–water partition coefficient (Wildman–Crippen LogP) is 18.0. The highest BCUT2D eigenvalue weighted by Crippen LogP contribution is 2.44. The van der Waals surface area contributed by atoms with Crippen LogP contribution in [0.4, 0.5) is 0 Å². The molecule has 10 aromatic carbocycles. The number of hydrogen-bond acceptors (Lipinski definition) is 4. The summed E-state index contributed by atoms with van der Waals surface area (Å²) in [5.41, 5.74) is 17.9. The lowest BCUT2D eigenvalue weighted by molar-refractivity contribution is 0.437. The molecule has 0 saturated heterocycles. The minimum atomic E-state index is -0.0828. The Labute approximate surface area is 416 Å². The summed E-state index contributed by atoms with van der Waals surface area (Å²) >= 11 is 0. The number of rotatable bonds is 8. The van der Waals surface area contributed by atoms with E-state index in [1.54, 1.807) is 0 Å². The van der Waals surface area contributed by atoms with Gasteiger partial charge in [0.25, 0.3) is 0 Å². The second kappa shape index (κ2) is 17.1. The zero-order valence-electron chi connectivity index (χ0n) is 39.7. The van der Waals surface area contributed by atoms with Crippen LogP contribution >= 0.6 is 0 Å². The molecular weight excluding hydrogens is 879 g/mol. The summed E-state index contributed by atoms with van der Waals surface area (Å²) in [6.07, 6.45) is 1.69. The molecule has 0 amide bonds. The quantitative estimate of drug-likeness (QED) is 0.152. The van der Waals surface area contributed by atoms with E-state index in [0.29, 0.717) is 0 Å². The lowest BCUT2D eigenvalue weighted by atomic mass is 9.85. The van der Waals surface area contributed by atoms with Gasteiger partial charge in [-0.2, -0.15) is 0 Å².